The number of ether oxygens (including phenoxy) is 1. The molecule has 0 spiro atoms. The van der Waals surface area contributed by atoms with Crippen LogP contribution in [0.3, 0.4) is 0 Å². The number of carbonyl (C=O) groups is 1. The zero-order chi connectivity index (χ0) is 12.8. The fraction of sp³-hybridized carbons (Fsp3) is 0.462. The van der Waals surface area contributed by atoms with E-state index < -0.39 is 18.1 Å². The zero-order valence-corrected chi connectivity index (χ0v) is 10.2. The van der Waals surface area contributed by atoms with E-state index in [2.05, 4.69) is 0 Å². The molecule has 0 bridgehead atoms. The summed E-state index contributed by atoms with van der Waals surface area (Å²) in [6, 6.07) is 8.35. The first-order valence-electron chi connectivity index (χ1n) is 5.66. The van der Waals surface area contributed by atoms with E-state index >= 15 is 0 Å². The third-order valence-corrected chi connectivity index (χ3v) is 2.55. The third kappa shape index (κ3) is 4.17. The second kappa shape index (κ2) is 6.37. The van der Waals surface area contributed by atoms with E-state index in [0.717, 1.165) is 5.56 Å². The summed E-state index contributed by atoms with van der Waals surface area (Å²) in [5.41, 5.74) is 6.50. The Morgan fingerprint density at radius 3 is 2.47 bits per heavy atom. The molecule has 17 heavy (non-hydrogen) atoms. The van der Waals surface area contributed by atoms with Crippen molar-refractivity contribution < 1.29 is 14.6 Å². The van der Waals surface area contributed by atoms with Crippen molar-refractivity contribution in [3.05, 3.63) is 35.9 Å². The van der Waals surface area contributed by atoms with Crippen LogP contribution in [-0.4, -0.2) is 23.2 Å². The fourth-order valence-electron chi connectivity index (χ4n) is 1.38. The topological polar surface area (TPSA) is 72.5 Å². The van der Waals surface area contributed by atoms with Crippen LogP contribution in [0.25, 0.3) is 0 Å². The number of esters is 1. The first kappa shape index (κ1) is 13.7. The highest BCUT2D eigenvalue weighted by Crippen LogP contribution is 2.07. The fourth-order valence-corrected chi connectivity index (χ4v) is 1.38. The molecule has 0 aliphatic rings. The van der Waals surface area contributed by atoms with E-state index in [9.17, 15) is 9.90 Å². The van der Waals surface area contributed by atoms with Crippen molar-refractivity contribution in [2.45, 2.75) is 32.6 Å². The molecule has 0 radical (unpaired) electrons. The van der Waals surface area contributed by atoms with Crippen molar-refractivity contribution in [3.63, 3.8) is 0 Å². The third-order valence-electron chi connectivity index (χ3n) is 2.55. The molecule has 1 aromatic carbocycles. The van der Waals surface area contributed by atoms with Crippen LogP contribution in [0.1, 0.15) is 19.4 Å². The zero-order valence-electron chi connectivity index (χ0n) is 10.2. The van der Waals surface area contributed by atoms with Crippen LogP contribution < -0.4 is 5.73 Å². The summed E-state index contributed by atoms with van der Waals surface area (Å²) in [6.07, 6.45) is -0.877. The number of rotatable bonds is 5. The molecule has 3 N–H and O–H groups in total. The molecular weight excluding hydrogens is 218 g/mol. The van der Waals surface area contributed by atoms with Crippen molar-refractivity contribution in [1.82, 2.24) is 0 Å². The second-order valence-electron chi connectivity index (χ2n) is 4.35. The van der Waals surface area contributed by atoms with Crippen molar-refractivity contribution >= 4 is 5.97 Å². The Bertz CT molecular complexity index is 351. The standard InChI is InChI=1S/C13H19NO3/c1-9(2)12(15)11(14)13(16)17-8-10-6-4-3-5-7-10/h3-7,9,11-12,15H,8,14H2,1-2H3/t11-,12+/m1/s1. The van der Waals surface area contributed by atoms with Crippen LogP contribution in [0.15, 0.2) is 30.3 Å². The van der Waals surface area contributed by atoms with Gasteiger partial charge in [0.25, 0.3) is 0 Å². The monoisotopic (exact) mass is 237 g/mol. The first-order valence-corrected chi connectivity index (χ1v) is 5.66. The quantitative estimate of drug-likeness (QED) is 0.751. The van der Waals surface area contributed by atoms with Gasteiger partial charge in [0.05, 0.1) is 6.10 Å². The predicted octanol–water partition coefficient (Wildman–Crippen LogP) is 1.07. The van der Waals surface area contributed by atoms with Gasteiger partial charge in [-0.1, -0.05) is 44.2 Å². The van der Waals surface area contributed by atoms with Crippen LogP contribution in [0.4, 0.5) is 0 Å². The highest BCUT2D eigenvalue weighted by Gasteiger charge is 2.26. The Kier molecular flexibility index (Phi) is 5.12. The van der Waals surface area contributed by atoms with Gasteiger partial charge in [-0.05, 0) is 11.5 Å². The minimum Gasteiger partial charge on any atom is -0.460 e. The molecule has 2 atom stereocenters. The first-order chi connectivity index (χ1) is 8.02. The van der Waals surface area contributed by atoms with E-state index in [4.69, 9.17) is 10.5 Å². The second-order valence-corrected chi connectivity index (χ2v) is 4.35. The largest absolute Gasteiger partial charge is 0.460 e. The average molecular weight is 237 g/mol. The van der Waals surface area contributed by atoms with Gasteiger partial charge >= 0.3 is 5.97 Å². The van der Waals surface area contributed by atoms with Gasteiger partial charge in [-0.3, -0.25) is 4.79 Å². The molecule has 94 valence electrons. The number of hydrogen-bond acceptors (Lipinski definition) is 4. The van der Waals surface area contributed by atoms with Gasteiger partial charge < -0.3 is 15.6 Å². The Hall–Kier alpha value is -1.39. The van der Waals surface area contributed by atoms with Gasteiger partial charge in [0.2, 0.25) is 0 Å². The molecule has 1 aromatic rings. The van der Waals surface area contributed by atoms with Gasteiger partial charge in [-0.25, -0.2) is 0 Å². The maximum Gasteiger partial charge on any atom is 0.325 e. The molecule has 0 aromatic heterocycles. The number of hydrogen-bond donors (Lipinski definition) is 2. The summed E-state index contributed by atoms with van der Waals surface area (Å²) in [7, 11) is 0. The van der Waals surface area contributed by atoms with Gasteiger partial charge in [-0.2, -0.15) is 0 Å². The summed E-state index contributed by atoms with van der Waals surface area (Å²) in [5, 5.41) is 9.64. The van der Waals surface area contributed by atoms with Crippen LogP contribution >= 0.6 is 0 Å². The molecule has 0 fully saturated rings. The van der Waals surface area contributed by atoms with Crippen molar-refractivity contribution in [3.8, 4) is 0 Å². The summed E-state index contributed by atoms with van der Waals surface area (Å²) < 4.78 is 5.04. The molecule has 1 rings (SSSR count). The number of aliphatic hydroxyl groups excluding tert-OH is 1. The number of aliphatic hydroxyl groups is 1. The van der Waals surface area contributed by atoms with Gasteiger partial charge in [0.1, 0.15) is 12.6 Å². The minimum absolute atomic E-state index is 0.0747. The van der Waals surface area contributed by atoms with Gasteiger partial charge in [0, 0.05) is 0 Å². The lowest BCUT2D eigenvalue weighted by molar-refractivity contribution is -0.150. The predicted molar refractivity (Wildman–Crippen MR) is 65.1 cm³/mol. The van der Waals surface area contributed by atoms with Crippen molar-refractivity contribution in [2.24, 2.45) is 11.7 Å². The van der Waals surface area contributed by atoms with Crippen LogP contribution in [0.5, 0.6) is 0 Å². The molecule has 0 aliphatic heterocycles. The Labute approximate surface area is 101 Å². The Morgan fingerprint density at radius 1 is 1.35 bits per heavy atom. The lowest BCUT2D eigenvalue weighted by atomic mass is 10.0. The lowest BCUT2D eigenvalue weighted by Crippen LogP contribution is -2.45. The number of nitrogens with two attached hydrogens (primary N) is 1. The van der Waals surface area contributed by atoms with Crippen molar-refractivity contribution in [2.75, 3.05) is 0 Å². The molecule has 0 saturated heterocycles. The summed E-state index contributed by atoms with van der Waals surface area (Å²) >= 11 is 0. The molecule has 0 saturated carbocycles. The van der Waals surface area contributed by atoms with E-state index in [1.807, 2.05) is 30.3 Å². The molecule has 0 aliphatic carbocycles. The van der Waals surface area contributed by atoms with Crippen molar-refractivity contribution in [1.29, 1.82) is 0 Å². The smallest absolute Gasteiger partial charge is 0.325 e. The van der Waals surface area contributed by atoms with E-state index in [0.29, 0.717) is 0 Å². The maximum absolute atomic E-state index is 11.6. The van der Waals surface area contributed by atoms with Crippen LogP contribution in [0.2, 0.25) is 0 Å². The molecule has 0 amide bonds. The van der Waals surface area contributed by atoms with Gasteiger partial charge in [0.15, 0.2) is 0 Å². The van der Waals surface area contributed by atoms with Crippen LogP contribution in [0, 0.1) is 5.92 Å². The number of benzene rings is 1. The highest BCUT2D eigenvalue weighted by molar-refractivity contribution is 5.76. The minimum atomic E-state index is -0.987. The SMILES string of the molecule is CC(C)[C@H](O)[C@@H](N)C(=O)OCc1ccccc1. The van der Waals surface area contributed by atoms with E-state index in [1.54, 1.807) is 13.8 Å². The van der Waals surface area contributed by atoms with Crippen LogP contribution in [-0.2, 0) is 16.1 Å². The molecular formula is C13H19NO3. The molecule has 4 heteroatoms. The highest BCUT2D eigenvalue weighted by atomic mass is 16.5. The molecule has 0 unspecified atom stereocenters. The van der Waals surface area contributed by atoms with E-state index in [1.165, 1.54) is 0 Å². The normalized spacial score (nSPS) is 14.4. The summed E-state index contributed by atoms with van der Waals surface area (Å²) in [4.78, 5) is 11.6. The summed E-state index contributed by atoms with van der Waals surface area (Å²) in [6.45, 7) is 3.78. The Balaban J connectivity index is 2.45. The number of carbonyl (C=O) groups excluding carboxylic acids is 1. The maximum atomic E-state index is 11.6. The average Bonchev–Trinajstić information content (AvgIpc) is 2.35. The molecule has 4 nitrogen and oxygen atoms in total. The van der Waals surface area contributed by atoms with E-state index in [-0.39, 0.29) is 12.5 Å². The molecule has 0 heterocycles. The Morgan fingerprint density at radius 2 is 1.94 bits per heavy atom. The summed E-state index contributed by atoms with van der Waals surface area (Å²) in [5.74, 6) is -0.649. The van der Waals surface area contributed by atoms with Gasteiger partial charge in [-0.15, -0.1) is 0 Å². The lowest BCUT2D eigenvalue weighted by Gasteiger charge is -2.20.